The van der Waals surface area contributed by atoms with E-state index in [1.807, 2.05) is 0 Å². The molecular weight excluding hydrogens is 304 g/mol. The molecule has 0 aromatic rings. The third-order valence-electron chi connectivity index (χ3n) is 2.40. The molecule has 0 amide bonds. The van der Waals surface area contributed by atoms with Crippen LogP contribution in [-0.4, -0.2) is 41.0 Å². The second-order valence-corrected chi connectivity index (χ2v) is 11.8. The summed E-state index contributed by atoms with van der Waals surface area (Å²) in [5.74, 6) is -2.37. The first-order valence-corrected chi connectivity index (χ1v) is 10.3. The van der Waals surface area contributed by atoms with Gasteiger partial charge in [-0.25, -0.2) is 0 Å². The molecule has 0 N–H and O–H groups in total. The summed E-state index contributed by atoms with van der Waals surface area (Å²) in [6.45, 7) is 4.77. The van der Waals surface area contributed by atoms with Gasteiger partial charge in [0.1, 0.15) is 0 Å². The minimum absolute atomic E-state index is 0.0122. The molecule has 1 aliphatic heterocycles. The monoisotopic (exact) mass is 320 g/mol. The molecule has 0 aromatic heterocycles. The maximum Gasteiger partial charge on any atom is 0.472 e. The fraction of sp³-hybridized carbons (Fsp3) is 0.600. The molecule has 0 spiro atoms. The minimum atomic E-state index is -3.13. The molecule has 0 aromatic carbocycles. The molecule has 112 valence electrons. The van der Waals surface area contributed by atoms with Crippen LogP contribution in [0.25, 0.3) is 0 Å². The molecule has 1 saturated heterocycles. The second-order valence-electron chi connectivity index (χ2n) is 4.55. The number of carbonyl (C=O) groups is 4. The lowest BCUT2D eigenvalue weighted by molar-refractivity contribution is -0.139. The molecule has 1 fully saturated rings. The molecule has 0 radical (unpaired) electrons. The van der Waals surface area contributed by atoms with Crippen LogP contribution in [-0.2, 0) is 36.9 Å². The summed E-state index contributed by atoms with van der Waals surface area (Å²) in [6, 6.07) is 0. The van der Waals surface area contributed by atoms with Gasteiger partial charge in [0, 0.05) is 27.7 Å². The molecule has 0 atom stereocenters. The Balaban J connectivity index is 2.89. The lowest BCUT2D eigenvalue weighted by atomic mass is 10.9. The normalized spacial score (nSPS) is 18.2. The van der Waals surface area contributed by atoms with E-state index in [0.717, 1.165) is 0 Å². The van der Waals surface area contributed by atoms with Gasteiger partial charge in [-0.05, 0) is 0 Å². The van der Waals surface area contributed by atoms with Gasteiger partial charge in [-0.1, -0.05) is 0 Å². The van der Waals surface area contributed by atoms with Crippen LogP contribution in [0.2, 0.25) is 11.3 Å². The van der Waals surface area contributed by atoms with Crippen LogP contribution in [0.15, 0.2) is 0 Å². The van der Waals surface area contributed by atoms with Crippen LogP contribution in [0.1, 0.15) is 27.7 Å². The van der Waals surface area contributed by atoms with Gasteiger partial charge in [0.15, 0.2) is 0 Å². The summed E-state index contributed by atoms with van der Waals surface area (Å²) in [6.07, 6.45) is 0. The Hall–Kier alpha value is -1.69. The molecule has 0 unspecified atom stereocenters. The molecular formula is C10H16O8Si2. The Bertz CT molecular complexity index is 378. The van der Waals surface area contributed by atoms with Crippen molar-refractivity contribution in [2.75, 3.05) is 0 Å². The summed E-state index contributed by atoms with van der Waals surface area (Å²) in [5.41, 5.74) is 0.0244. The predicted molar refractivity (Wildman–Crippen MR) is 68.2 cm³/mol. The van der Waals surface area contributed by atoms with E-state index in [1.165, 1.54) is 27.7 Å². The number of hydrogen-bond donors (Lipinski definition) is 0. The molecule has 1 heterocycles. The van der Waals surface area contributed by atoms with Crippen molar-refractivity contribution in [1.29, 1.82) is 0 Å². The summed E-state index contributed by atoms with van der Waals surface area (Å²) in [5, 5.41) is 0. The molecule has 0 aliphatic carbocycles. The topological polar surface area (TPSA) is 105 Å². The van der Waals surface area contributed by atoms with E-state index in [4.69, 9.17) is 17.7 Å². The summed E-state index contributed by atoms with van der Waals surface area (Å²) in [7, 11) is -6.26. The Morgan fingerprint density at radius 3 is 0.950 bits per heavy atom. The van der Waals surface area contributed by atoms with Crippen LogP contribution in [0.3, 0.4) is 0 Å². The highest BCUT2D eigenvalue weighted by Crippen LogP contribution is 2.43. The van der Waals surface area contributed by atoms with Crippen molar-refractivity contribution in [1.82, 2.24) is 0 Å². The van der Waals surface area contributed by atoms with Gasteiger partial charge in [0.25, 0.3) is 23.9 Å². The van der Waals surface area contributed by atoms with E-state index >= 15 is 0 Å². The highest BCUT2D eigenvalue weighted by molar-refractivity contribution is 7.05. The number of carbonyl (C=O) groups excluding carboxylic acids is 4. The fourth-order valence-corrected chi connectivity index (χ4v) is 12.8. The quantitative estimate of drug-likeness (QED) is 0.677. The van der Waals surface area contributed by atoms with E-state index in [2.05, 4.69) is 0 Å². The predicted octanol–water partition coefficient (Wildman–Crippen LogP) is 0.215. The zero-order chi connectivity index (χ0) is 15.6. The van der Waals surface area contributed by atoms with Crippen LogP contribution >= 0.6 is 0 Å². The first kappa shape index (κ1) is 16.4. The lowest BCUT2D eigenvalue weighted by Gasteiger charge is -2.45. The lowest BCUT2D eigenvalue weighted by Crippen LogP contribution is -2.70. The van der Waals surface area contributed by atoms with E-state index in [-0.39, 0.29) is 11.3 Å². The third-order valence-corrected chi connectivity index (χ3v) is 13.7. The summed E-state index contributed by atoms with van der Waals surface area (Å²) in [4.78, 5) is 44.4. The van der Waals surface area contributed by atoms with E-state index in [9.17, 15) is 19.2 Å². The average molecular weight is 320 g/mol. The van der Waals surface area contributed by atoms with Crippen LogP contribution in [0, 0.1) is 0 Å². The van der Waals surface area contributed by atoms with Crippen LogP contribution < -0.4 is 0 Å². The van der Waals surface area contributed by atoms with Crippen molar-refractivity contribution in [2.24, 2.45) is 0 Å². The minimum Gasteiger partial charge on any atom is -0.485 e. The largest absolute Gasteiger partial charge is 0.485 e. The van der Waals surface area contributed by atoms with Crippen molar-refractivity contribution >= 4 is 41.0 Å². The van der Waals surface area contributed by atoms with Gasteiger partial charge in [0.2, 0.25) is 0 Å². The van der Waals surface area contributed by atoms with Crippen molar-refractivity contribution in [2.45, 2.75) is 39.0 Å². The summed E-state index contributed by atoms with van der Waals surface area (Å²) < 4.78 is 20.4. The van der Waals surface area contributed by atoms with Gasteiger partial charge in [-0.2, -0.15) is 0 Å². The Morgan fingerprint density at radius 2 is 0.800 bits per heavy atom. The van der Waals surface area contributed by atoms with Crippen molar-refractivity contribution in [3.05, 3.63) is 0 Å². The highest BCUT2D eigenvalue weighted by Gasteiger charge is 2.73. The molecule has 20 heavy (non-hydrogen) atoms. The first-order valence-electron chi connectivity index (χ1n) is 5.86. The number of hydrogen-bond acceptors (Lipinski definition) is 8. The maximum atomic E-state index is 11.1. The van der Waals surface area contributed by atoms with E-state index < -0.39 is 41.0 Å². The molecule has 1 rings (SSSR count). The first-order chi connectivity index (χ1) is 9.08. The zero-order valence-electron chi connectivity index (χ0n) is 11.7. The van der Waals surface area contributed by atoms with Crippen LogP contribution in [0.5, 0.6) is 0 Å². The van der Waals surface area contributed by atoms with Gasteiger partial charge >= 0.3 is 17.1 Å². The molecule has 1 aliphatic rings. The standard InChI is InChI=1S/C10H16O8Si2/c1-7(11)15-19(16-8(2)12)5-20(6-19,17-9(3)13)18-10(4)14/h5-6H2,1-4H3. The molecule has 10 heteroatoms. The van der Waals surface area contributed by atoms with Crippen molar-refractivity contribution in [3.8, 4) is 0 Å². The van der Waals surface area contributed by atoms with Crippen molar-refractivity contribution < 1.29 is 36.9 Å². The van der Waals surface area contributed by atoms with Gasteiger partial charge in [-0.15, -0.1) is 0 Å². The molecule has 8 nitrogen and oxygen atoms in total. The molecule has 0 saturated carbocycles. The maximum absolute atomic E-state index is 11.1. The summed E-state index contributed by atoms with van der Waals surface area (Å²) >= 11 is 0. The van der Waals surface area contributed by atoms with Gasteiger partial charge in [0.05, 0.1) is 11.3 Å². The van der Waals surface area contributed by atoms with E-state index in [0.29, 0.717) is 0 Å². The highest BCUT2D eigenvalue weighted by atomic mass is 28.5. The Kier molecular flexibility index (Phi) is 4.70. The second kappa shape index (κ2) is 5.75. The zero-order valence-corrected chi connectivity index (χ0v) is 13.7. The third kappa shape index (κ3) is 4.16. The smallest absolute Gasteiger partial charge is 0.472 e. The Morgan fingerprint density at radius 1 is 0.600 bits per heavy atom. The van der Waals surface area contributed by atoms with Gasteiger partial charge in [-0.3, -0.25) is 19.2 Å². The number of rotatable bonds is 4. The average Bonchev–Trinajstić information content (AvgIpc) is 2.08. The van der Waals surface area contributed by atoms with E-state index in [1.54, 1.807) is 0 Å². The Labute approximate surface area is 117 Å². The fourth-order valence-electron chi connectivity index (χ4n) is 2.15. The molecule has 0 bridgehead atoms. The van der Waals surface area contributed by atoms with Crippen LogP contribution in [0.4, 0.5) is 0 Å². The van der Waals surface area contributed by atoms with Gasteiger partial charge < -0.3 is 17.7 Å². The van der Waals surface area contributed by atoms with Crippen molar-refractivity contribution in [3.63, 3.8) is 0 Å². The SMILES string of the molecule is CC(=O)O[Si]1(OC(C)=O)C[Si](OC(C)=O)(OC(C)=O)C1.